The van der Waals surface area contributed by atoms with Crippen LogP contribution >= 0.6 is 11.3 Å². The quantitative estimate of drug-likeness (QED) is 0.892. The van der Waals surface area contributed by atoms with Crippen LogP contribution in [-0.2, 0) is 0 Å². The molecule has 0 bridgehead atoms. The lowest BCUT2D eigenvalue weighted by Gasteiger charge is -2.03. The van der Waals surface area contributed by atoms with Gasteiger partial charge in [0.2, 0.25) is 0 Å². The van der Waals surface area contributed by atoms with E-state index in [0.29, 0.717) is 11.5 Å². The summed E-state index contributed by atoms with van der Waals surface area (Å²) in [7, 11) is 0. The minimum atomic E-state index is 0.649. The molecule has 0 aliphatic heterocycles. The number of nitrogens with zero attached hydrogens (tertiary/aromatic N) is 2. The summed E-state index contributed by atoms with van der Waals surface area (Å²) in [4.78, 5) is 4.54. The molecule has 0 atom stereocenters. The van der Waals surface area contributed by atoms with Crippen LogP contribution in [-0.4, -0.2) is 4.98 Å². The van der Waals surface area contributed by atoms with Crippen molar-refractivity contribution >= 4 is 22.2 Å². The van der Waals surface area contributed by atoms with E-state index >= 15 is 0 Å². The molecule has 1 aliphatic carbocycles. The first-order valence-corrected chi connectivity index (χ1v) is 6.46. The van der Waals surface area contributed by atoms with Gasteiger partial charge < -0.3 is 5.32 Å². The second-order valence-corrected chi connectivity index (χ2v) is 4.99. The van der Waals surface area contributed by atoms with Crippen molar-refractivity contribution in [3.05, 3.63) is 40.9 Å². The first-order chi connectivity index (χ1) is 8.36. The Bertz CT molecular complexity index is 578. The SMILES string of the molecule is N#Cc1ccccc1Nc1nc(C2CC2)cs1. The predicted octanol–water partition coefficient (Wildman–Crippen LogP) is 3.64. The molecule has 1 saturated carbocycles. The highest BCUT2D eigenvalue weighted by Gasteiger charge is 2.26. The molecule has 1 aromatic heterocycles. The number of aromatic nitrogens is 1. The lowest BCUT2D eigenvalue weighted by atomic mass is 10.2. The molecule has 1 fully saturated rings. The number of nitriles is 1. The normalized spacial score (nSPS) is 14.3. The van der Waals surface area contributed by atoms with Crippen LogP contribution in [0.3, 0.4) is 0 Å². The largest absolute Gasteiger partial charge is 0.330 e. The zero-order valence-electron chi connectivity index (χ0n) is 9.18. The maximum Gasteiger partial charge on any atom is 0.187 e. The molecule has 1 aromatic carbocycles. The van der Waals surface area contributed by atoms with Crippen molar-refractivity contribution in [2.24, 2.45) is 0 Å². The summed E-state index contributed by atoms with van der Waals surface area (Å²) in [5.74, 6) is 0.674. The van der Waals surface area contributed by atoms with Gasteiger partial charge in [-0.05, 0) is 25.0 Å². The van der Waals surface area contributed by atoms with E-state index in [-0.39, 0.29) is 0 Å². The maximum atomic E-state index is 8.99. The summed E-state index contributed by atoms with van der Waals surface area (Å²) >= 11 is 1.60. The Kier molecular flexibility index (Phi) is 2.54. The first-order valence-electron chi connectivity index (χ1n) is 5.58. The molecule has 1 N–H and O–H groups in total. The van der Waals surface area contributed by atoms with Crippen LogP contribution in [0.4, 0.5) is 10.8 Å². The summed E-state index contributed by atoms with van der Waals surface area (Å²) in [5, 5.41) is 15.2. The number of anilines is 2. The van der Waals surface area contributed by atoms with Gasteiger partial charge in [0, 0.05) is 11.3 Å². The van der Waals surface area contributed by atoms with E-state index in [1.54, 1.807) is 17.4 Å². The van der Waals surface area contributed by atoms with Crippen LogP contribution in [0.5, 0.6) is 0 Å². The van der Waals surface area contributed by atoms with Crippen molar-refractivity contribution in [2.75, 3.05) is 5.32 Å². The monoisotopic (exact) mass is 241 g/mol. The highest BCUT2D eigenvalue weighted by Crippen LogP contribution is 2.41. The standard InChI is InChI=1S/C13H11N3S/c14-7-10-3-1-2-4-11(10)15-13-16-12(8-17-13)9-5-6-9/h1-4,8-9H,5-6H2,(H,15,16). The fourth-order valence-electron chi connectivity index (χ4n) is 1.71. The summed E-state index contributed by atoms with van der Waals surface area (Å²) in [5.41, 5.74) is 2.66. The minimum absolute atomic E-state index is 0.649. The van der Waals surface area contributed by atoms with Gasteiger partial charge in [-0.1, -0.05) is 12.1 Å². The zero-order chi connectivity index (χ0) is 11.7. The third-order valence-electron chi connectivity index (χ3n) is 2.81. The minimum Gasteiger partial charge on any atom is -0.330 e. The van der Waals surface area contributed by atoms with Gasteiger partial charge in [0.15, 0.2) is 5.13 Å². The Morgan fingerprint density at radius 3 is 2.94 bits per heavy atom. The van der Waals surface area contributed by atoms with Crippen LogP contribution in [0.2, 0.25) is 0 Å². The lowest BCUT2D eigenvalue weighted by Crippen LogP contribution is -1.93. The van der Waals surface area contributed by atoms with Gasteiger partial charge in [0.25, 0.3) is 0 Å². The number of hydrogen-bond acceptors (Lipinski definition) is 4. The summed E-state index contributed by atoms with van der Waals surface area (Å²) < 4.78 is 0. The van der Waals surface area contributed by atoms with E-state index in [4.69, 9.17) is 5.26 Å². The highest BCUT2D eigenvalue weighted by molar-refractivity contribution is 7.13. The van der Waals surface area contributed by atoms with Gasteiger partial charge in [-0.3, -0.25) is 0 Å². The number of benzene rings is 1. The van der Waals surface area contributed by atoms with Crippen molar-refractivity contribution in [1.29, 1.82) is 5.26 Å². The second kappa shape index (κ2) is 4.19. The number of para-hydroxylation sites is 1. The van der Waals surface area contributed by atoms with Gasteiger partial charge in [0.05, 0.1) is 16.9 Å². The molecule has 3 nitrogen and oxygen atoms in total. The summed E-state index contributed by atoms with van der Waals surface area (Å²) in [6.45, 7) is 0. The predicted molar refractivity (Wildman–Crippen MR) is 68.5 cm³/mol. The fourth-order valence-corrected chi connectivity index (χ4v) is 2.52. The van der Waals surface area contributed by atoms with Crippen LogP contribution in [0.15, 0.2) is 29.6 Å². The van der Waals surface area contributed by atoms with Crippen molar-refractivity contribution in [2.45, 2.75) is 18.8 Å². The van der Waals surface area contributed by atoms with Crippen LogP contribution in [0, 0.1) is 11.3 Å². The average molecular weight is 241 g/mol. The molecule has 0 saturated heterocycles. The number of rotatable bonds is 3. The molecule has 2 aromatic rings. The number of thiazole rings is 1. The first kappa shape index (κ1) is 10.3. The third-order valence-corrected chi connectivity index (χ3v) is 3.58. The van der Waals surface area contributed by atoms with E-state index in [2.05, 4.69) is 21.8 Å². The van der Waals surface area contributed by atoms with Gasteiger partial charge in [0.1, 0.15) is 6.07 Å². The molecule has 84 valence electrons. The van der Waals surface area contributed by atoms with Crippen molar-refractivity contribution in [3.63, 3.8) is 0 Å². The van der Waals surface area contributed by atoms with E-state index in [1.165, 1.54) is 18.5 Å². The van der Waals surface area contributed by atoms with Gasteiger partial charge in [-0.15, -0.1) is 11.3 Å². The molecule has 3 rings (SSSR count). The van der Waals surface area contributed by atoms with Gasteiger partial charge in [-0.2, -0.15) is 5.26 Å². The molecular formula is C13H11N3S. The number of hydrogen-bond donors (Lipinski definition) is 1. The Balaban J connectivity index is 1.83. The number of nitrogens with one attached hydrogen (secondary N) is 1. The summed E-state index contributed by atoms with van der Waals surface area (Å²) in [6, 6.07) is 9.65. The maximum absolute atomic E-state index is 8.99. The average Bonchev–Trinajstić information content (AvgIpc) is 3.11. The van der Waals surface area contributed by atoms with Crippen molar-refractivity contribution in [1.82, 2.24) is 4.98 Å². The highest BCUT2D eigenvalue weighted by atomic mass is 32.1. The molecule has 4 heteroatoms. The zero-order valence-corrected chi connectivity index (χ0v) is 10.00. The molecule has 0 amide bonds. The van der Waals surface area contributed by atoms with Crippen LogP contribution < -0.4 is 5.32 Å². The van der Waals surface area contributed by atoms with Crippen LogP contribution in [0.25, 0.3) is 0 Å². The van der Waals surface area contributed by atoms with Crippen LogP contribution in [0.1, 0.15) is 30.0 Å². The fraction of sp³-hybridized carbons (Fsp3) is 0.231. The Hall–Kier alpha value is -1.86. The molecular weight excluding hydrogens is 230 g/mol. The van der Waals surface area contributed by atoms with E-state index < -0.39 is 0 Å². The summed E-state index contributed by atoms with van der Waals surface area (Å²) in [6.07, 6.45) is 2.52. The molecule has 1 heterocycles. The second-order valence-electron chi connectivity index (χ2n) is 4.13. The molecule has 1 aliphatic rings. The Morgan fingerprint density at radius 1 is 1.35 bits per heavy atom. The topological polar surface area (TPSA) is 48.7 Å². The Morgan fingerprint density at radius 2 is 2.18 bits per heavy atom. The smallest absolute Gasteiger partial charge is 0.187 e. The van der Waals surface area contributed by atoms with Gasteiger partial charge in [-0.25, -0.2) is 4.98 Å². The molecule has 0 spiro atoms. The molecule has 0 unspecified atom stereocenters. The van der Waals surface area contributed by atoms with E-state index in [0.717, 1.165) is 10.8 Å². The lowest BCUT2D eigenvalue weighted by molar-refractivity contribution is 1.05. The van der Waals surface area contributed by atoms with Gasteiger partial charge >= 0.3 is 0 Å². The molecule has 0 radical (unpaired) electrons. The molecule has 17 heavy (non-hydrogen) atoms. The van der Waals surface area contributed by atoms with E-state index in [1.807, 2.05) is 18.2 Å². The van der Waals surface area contributed by atoms with E-state index in [9.17, 15) is 0 Å². The van der Waals surface area contributed by atoms with Crippen molar-refractivity contribution < 1.29 is 0 Å². The third kappa shape index (κ3) is 2.15. The van der Waals surface area contributed by atoms with Crippen molar-refractivity contribution in [3.8, 4) is 6.07 Å². The Labute approximate surface area is 104 Å².